The number of aromatic nitrogens is 1. The average molecular weight is 232 g/mol. The maximum absolute atomic E-state index is 8.76. The van der Waals surface area contributed by atoms with Gasteiger partial charge in [0.25, 0.3) is 0 Å². The molecule has 0 saturated heterocycles. The van der Waals surface area contributed by atoms with E-state index in [1.807, 2.05) is 39.2 Å². The number of hydrogen-bond donors (Lipinski definition) is 1. The van der Waals surface area contributed by atoms with Crippen LogP contribution < -0.4 is 5.73 Å². The quantitative estimate of drug-likeness (QED) is 0.839. The Labute approximate surface area is 103 Å². The van der Waals surface area contributed by atoms with Crippen LogP contribution in [0.3, 0.4) is 0 Å². The summed E-state index contributed by atoms with van der Waals surface area (Å²) in [5.74, 6) is 0. The van der Waals surface area contributed by atoms with Crippen molar-refractivity contribution in [3.8, 4) is 6.07 Å². The van der Waals surface area contributed by atoms with Crippen molar-refractivity contribution >= 4 is 0 Å². The van der Waals surface area contributed by atoms with Gasteiger partial charge in [-0.3, -0.25) is 9.88 Å². The van der Waals surface area contributed by atoms with Gasteiger partial charge in [0.15, 0.2) is 0 Å². The summed E-state index contributed by atoms with van der Waals surface area (Å²) < 4.78 is 0. The molecule has 4 heteroatoms. The van der Waals surface area contributed by atoms with Crippen molar-refractivity contribution in [2.75, 3.05) is 7.05 Å². The lowest BCUT2D eigenvalue weighted by Gasteiger charge is -2.34. The molecule has 4 nitrogen and oxygen atoms in total. The van der Waals surface area contributed by atoms with Crippen LogP contribution in [0.2, 0.25) is 0 Å². The van der Waals surface area contributed by atoms with Crippen molar-refractivity contribution in [2.24, 2.45) is 5.73 Å². The Bertz CT molecular complexity index is 369. The molecule has 0 radical (unpaired) electrons. The van der Waals surface area contributed by atoms with Gasteiger partial charge in [-0.05, 0) is 32.5 Å². The van der Waals surface area contributed by atoms with Crippen LogP contribution in [-0.4, -0.2) is 29.0 Å². The van der Waals surface area contributed by atoms with E-state index in [-0.39, 0.29) is 18.1 Å². The van der Waals surface area contributed by atoms with E-state index in [0.29, 0.717) is 6.42 Å². The van der Waals surface area contributed by atoms with Crippen LogP contribution in [0.4, 0.5) is 0 Å². The highest BCUT2D eigenvalue weighted by Crippen LogP contribution is 2.24. The number of nitrogens with two attached hydrogens (primary N) is 1. The van der Waals surface area contributed by atoms with Gasteiger partial charge in [-0.25, -0.2) is 0 Å². The zero-order valence-corrected chi connectivity index (χ0v) is 10.7. The fourth-order valence-electron chi connectivity index (χ4n) is 2.01. The van der Waals surface area contributed by atoms with E-state index in [1.54, 1.807) is 6.20 Å². The first-order valence-electron chi connectivity index (χ1n) is 5.82. The van der Waals surface area contributed by atoms with E-state index >= 15 is 0 Å². The standard InChI is InChI=1S/C13H20N4/c1-10(6-7-14)17(3)13(11(2)15)12-5-4-8-16-9-12/h4-5,8-11,13H,6,15H2,1-3H3. The molecule has 3 atom stereocenters. The minimum Gasteiger partial charge on any atom is -0.326 e. The fraction of sp³-hybridized carbons (Fsp3) is 0.538. The Morgan fingerprint density at radius 3 is 2.71 bits per heavy atom. The summed E-state index contributed by atoms with van der Waals surface area (Å²) in [5.41, 5.74) is 7.14. The number of nitrogens with zero attached hydrogens (tertiary/aromatic N) is 3. The van der Waals surface area contributed by atoms with Crippen molar-refractivity contribution < 1.29 is 0 Å². The predicted octanol–water partition coefficient (Wildman–Crippen LogP) is 1.70. The lowest BCUT2D eigenvalue weighted by molar-refractivity contribution is 0.166. The zero-order chi connectivity index (χ0) is 12.8. The third kappa shape index (κ3) is 3.52. The molecule has 0 amide bonds. The van der Waals surface area contributed by atoms with Crippen LogP contribution in [0.5, 0.6) is 0 Å². The summed E-state index contributed by atoms with van der Waals surface area (Å²) in [6.45, 7) is 4.02. The second-order valence-corrected chi connectivity index (χ2v) is 4.47. The highest BCUT2D eigenvalue weighted by atomic mass is 15.2. The fourth-order valence-corrected chi connectivity index (χ4v) is 2.01. The molecule has 0 fully saturated rings. The van der Waals surface area contributed by atoms with Gasteiger partial charge in [0.1, 0.15) is 0 Å². The number of likely N-dealkylation sites (N-methyl/N-ethyl adjacent to an activating group) is 1. The number of rotatable bonds is 5. The highest BCUT2D eigenvalue weighted by Gasteiger charge is 2.24. The summed E-state index contributed by atoms with van der Waals surface area (Å²) in [4.78, 5) is 6.27. The molecular formula is C13H20N4. The van der Waals surface area contributed by atoms with Gasteiger partial charge >= 0.3 is 0 Å². The maximum Gasteiger partial charge on any atom is 0.0638 e. The predicted molar refractivity (Wildman–Crippen MR) is 68.1 cm³/mol. The van der Waals surface area contributed by atoms with Crippen LogP contribution in [0, 0.1) is 11.3 Å². The van der Waals surface area contributed by atoms with E-state index in [9.17, 15) is 0 Å². The monoisotopic (exact) mass is 232 g/mol. The normalized spacial score (nSPS) is 16.2. The molecular weight excluding hydrogens is 212 g/mol. The molecule has 17 heavy (non-hydrogen) atoms. The molecule has 92 valence electrons. The highest BCUT2D eigenvalue weighted by molar-refractivity contribution is 5.16. The minimum atomic E-state index is -0.00894. The minimum absolute atomic E-state index is 0.00894. The first kappa shape index (κ1) is 13.6. The van der Waals surface area contributed by atoms with Crippen LogP contribution >= 0.6 is 0 Å². The Hall–Kier alpha value is -1.44. The lowest BCUT2D eigenvalue weighted by Crippen LogP contribution is -2.41. The van der Waals surface area contributed by atoms with Gasteiger partial charge in [-0.1, -0.05) is 6.07 Å². The molecule has 0 bridgehead atoms. The molecule has 1 heterocycles. The van der Waals surface area contributed by atoms with E-state index in [4.69, 9.17) is 11.0 Å². The van der Waals surface area contributed by atoms with Crippen LogP contribution in [-0.2, 0) is 0 Å². The average Bonchev–Trinajstić information content (AvgIpc) is 2.30. The number of pyridine rings is 1. The first-order chi connectivity index (χ1) is 8.07. The molecule has 0 aliphatic heterocycles. The maximum atomic E-state index is 8.76. The Kier molecular flexibility index (Phi) is 5.08. The topological polar surface area (TPSA) is 65.9 Å². The summed E-state index contributed by atoms with van der Waals surface area (Å²) in [7, 11) is 2.00. The second-order valence-electron chi connectivity index (χ2n) is 4.47. The molecule has 0 spiro atoms. The zero-order valence-electron chi connectivity index (χ0n) is 10.7. The van der Waals surface area contributed by atoms with Gasteiger partial charge in [-0.2, -0.15) is 5.26 Å². The van der Waals surface area contributed by atoms with Gasteiger partial charge < -0.3 is 5.73 Å². The van der Waals surface area contributed by atoms with Gasteiger partial charge in [0.2, 0.25) is 0 Å². The third-order valence-electron chi connectivity index (χ3n) is 3.04. The molecule has 0 aliphatic rings. The SMILES string of the molecule is CC(N)C(c1cccnc1)N(C)C(C)CC#N. The molecule has 0 saturated carbocycles. The van der Waals surface area contributed by atoms with Crippen LogP contribution in [0.15, 0.2) is 24.5 Å². The molecule has 1 aromatic rings. The molecule has 0 aliphatic carbocycles. The van der Waals surface area contributed by atoms with E-state index in [1.165, 1.54) is 0 Å². The number of nitriles is 1. The van der Waals surface area contributed by atoms with Gasteiger partial charge in [0.05, 0.1) is 18.5 Å². The van der Waals surface area contributed by atoms with E-state index in [2.05, 4.69) is 16.0 Å². The van der Waals surface area contributed by atoms with Crippen LogP contribution in [0.1, 0.15) is 31.9 Å². The summed E-state index contributed by atoms with van der Waals surface area (Å²) in [5, 5.41) is 8.76. The van der Waals surface area contributed by atoms with Crippen molar-refractivity contribution in [3.05, 3.63) is 30.1 Å². The number of hydrogen-bond acceptors (Lipinski definition) is 4. The van der Waals surface area contributed by atoms with Crippen molar-refractivity contribution in [1.29, 1.82) is 5.26 Å². The lowest BCUT2D eigenvalue weighted by atomic mass is 9.99. The molecule has 3 unspecified atom stereocenters. The smallest absolute Gasteiger partial charge is 0.0638 e. The summed E-state index contributed by atoms with van der Waals surface area (Å²) in [6.07, 6.45) is 4.09. The van der Waals surface area contributed by atoms with Crippen molar-refractivity contribution in [2.45, 2.75) is 38.4 Å². The van der Waals surface area contributed by atoms with E-state index in [0.717, 1.165) is 5.56 Å². The Balaban J connectivity index is 2.91. The van der Waals surface area contributed by atoms with Gasteiger partial charge in [-0.15, -0.1) is 0 Å². The largest absolute Gasteiger partial charge is 0.326 e. The molecule has 2 N–H and O–H groups in total. The molecule has 1 rings (SSSR count). The van der Waals surface area contributed by atoms with E-state index < -0.39 is 0 Å². The van der Waals surface area contributed by atoms with Crippen molar-refractivity contribution in [3.63, 3.8) is 0 Å². The first-order valence-corrected chi connectivity index (χ1v) is 5.82. The third-order valence-corrected chi connectivity index (χ3v) is 3.04. The Morgan fingerprint density at radius 1 is 1.53 bits per heavy atom. The molecule has 0 aromatic carbocycles. The van der Waals surface area contributed by atoms with Gasteiger partial charge in [0, 0.05) is 24.5 Å². The summed E-state index contributed by atoms with van der Waals surface area (Å²) in [6, 6.07) is 6.39. The molecule has 1 aromatic heterocycles. The Morgan fingerprint density at radius 2 is 2.24 bits per heavy atom. The second kappa shape index (κ2) is 6.33. The van der Waals surface area contributed by atoms with Crippen LogP contribution in [0.25, 0.3) is 0 Å². The summed E-state index contributed by atoms with van der Waals surface area (Å²) >= 11 is 0. The van der Waals surface area contributed by atoms with Crippen molar-refractivity contribution in [1.82, 2.24) is 9.88 Å².